The van der Waals surface area contributed by atoms with E-state index in [0.29, 0.717) is 15.7 Å². The van der Waals surface area contributed by atoms with Crippen LogP contribution in [-0.4, -0.2) is 5.96 Å². The number of guanidine groups is 1. The molecule has 0 heterocycles. The second-order valence-corrected chi connectivity index (χ2v) is 2.95. The highest BCUT2D eigenvalue weighted by molar-refractivity contribution is 6.42. The lowest BCUT2D eigenvalue weighted by Gasteiger charge is -1.97. The van der Waals surface area contributed by atoms with E-state index in [9.17, 15) is 0 Å². The number of halogens is 3. The van der Waals surface area contributed by atoms with Crippen LogP contribution in [0.1, 0.15) is 0 Å². The van der Waals surface area contributed by atoms with Crippen molar-refractivity contribution in [3.63, 3.8) is 0 Å². The van der Waals surface area contributed by atoms with Gasteiger partial charge in [0.05, 0.1) is 15.7 Å². The lowest BCUT2D eigenvalue weighted by Crippen LogP contribution is -2.21. The third-order valence-corrected chi connectivity index (χ3v) is 1.90. The van der Waals surface area contributed by atoms with Crippen LogP contribution in [0.3, 0.4) is 0 Å². The minimum atomic E-state index is -0.00612. The molecule has 0 aliphatic carbocycles. The molecule has 0 aliphatic rings. The first-order chi connectivity index (χ1) is 5.59. The molecular formula is C7H8Cl3N3. The van der Waals surface area contributed by atoms with Gasteiger partial charge in [-0.15, -0.1) is 12.4 Å². The summed E-state index contributed by atoms with van der Waals surface area (Å²) in [7, 11) is 0. The maximum absolute atomic E-state index is 5.71. The highest BCUT2D eigenvalue weighted by atomic mass is 35.5. The van der Waals surface area contributed by atoms with Gasteiger partial charge in [0, 0.05) is 0 Å². The summed E-state index contributed by atoms with van der Waals surface area (Å²) in [5, 5.41) is 0.908. The van der Waals surface area contributed by atoms with Crippen LogP contribution in [0.2, 0.25) is 10.0 Å². The SMILES string of the molecule is Cl.NC(N)=Nc1ccc(Cl)c(Cl)c1. The van der Waals surface area contributed by atoms with Gasteiger partial charge in [-0.1, -0.05) is 23.2 Å². The first kappa shape index (κ1) is 12.4. The molecule has 3 nitrogen and oxygen atoms in total. The summed E-state index contributed by atoms with van der Waals surface area (Å²) in [5.41, 5.74) is 10.9. The van der Waals surface area contributed by atoms with Crippen LogP contribution in [0.25, 0.3) is 0 Å². The van der Waals surface area contributed by atoms with Crippen LogP contribution < -0.4 is 11.5 Å². The van der Waals surface area contributed by atoms with Crippen molar-refractivity contribution < 1.29 is 0 Å². The molecule has 0 spiro atoms. The van der Waals surface area contributed by atoms with E-state index in [0.717, 1.165) is 0 Å². The van der Waals surface area contributed by atoms with Crippen molar-refractivity contribution in [2.45, 2.75) is 0 Å². The van der Waals surface area contributed by atoms with E-state index in [-0.39, 0.29) is 18.4 Å². The Hall–Kier alpha value is -0.640. The number of hydrogen-bond donors (Lipinski definition) is 2. The molecule has 0 saturated carbocycles. The van der Waals surface area contributed by atoms with Gasteiger partial charge in [-0.2, -0.15) is 0 Å². The number of aliphatic imine (C=N–C) groups is 1. The lowest BCUT2D eigenvalue weighted by molar-refractivity contribution is 1.42. The van der Waals surface area contributed by atoms with Gasteiger partial charge in [0.1, 0.15) is 0 Å². The number of nitrogens with zero attached hydrogens (tertiary/aromatic N) is 1. The van der Waals surface area contributed by atoms with Crippen molar-refractivity contribution in [1.82, 2.24) is 0 Å². The van der Waals surface area contributed by atoms with Crippen LogP contribution in [-0.2, 0) is 0 Å². The van der Waals surface area contributed by atoms with Crippen molar-refractivity contribution in [2.24, 2.45) is 16.5 Å². The second kappa shape index (κ2) is 5.17. The van der Waals surface area contributed by atoms with Crippen LogP contribution in [0, 0.1) is 0 Å². The van der Waals surface area contributed by atoms with E-state index in [1.54, 1.807) is 18.2 Å². The fourth-order valence-electron chi connectivity index (χ4n) is 0.704. The first-order valence-electron chi connectivity index (χ1n) is 3.14. The summed E-state index contributed by atoms with van der Waals surface area (Å²) in [6.45, 7) is 0. The van der Waals surface area contributed by atoms with Crippen LogP contribution in [0.5, 0.6) is 0 Å². The molecule has 0 radical (unpaired) electrons. The Labute approximate surface area is 92.1 Å². The standard InChI is InChI=1S/C7H7Cl2N3.ClH/c8-5-2-1-4(3-6(5)9)12-7(10)11;/h1-3H,(H4,10,11,12);1H. The van der Waals surface area contributed by atoms with Crippen LogP contribution in [0.4, 0.5) is 5.69 Å². The quantitative estimate of drug-likeness (QED) is 0.584. The normalized spacial score (nSPS) is 8.77. The van der Waals surface area contributed by atoms with Gasteiger partial charge in [-0.05, 0) is 18.2 Å². The van der Waals surface area contributed by atoms with E-state index in [1.807, 2.05) is 0 Å². The summed E-state index contributed by atoms with van der Waals surface area (Å²) in [6.07, 6.45) is 0. The summed E-state index contributed by atoms with van der Waals surface area (Å²) in [4.78, 5) is 3.79. The van der Waals surface area contributed by atoms with E-state index in [4.69, 9.17) is 34.7 Å². The van der Waals surface area contributed by atoms with Gasteiger partial charge in [-0.25, -0.2) is 4.99 Å². The molecule has 6 heteroatoms. The molecule has 1 aromatic carbocycles. The van der Waals surface area contributed by atoms with Gasteiger partial charge in [0.25, 0.3) is 0 Å². The van der Waals surface area contributed by atoms with E-state index >= 15 is 0 Å². The number of benzene rings is 1. The average molecular weight is 241 g/mol. The maximum Gasteiger partial charge on any atom is 0.191 e. The number of rotatable bonds is 1. The molecule has 0 atom stereocenters. The van der Waals surface area contributed by atoms with Crippen molar-refractivity contribution in [2.75, 3.05) is 0 Å². The molecule has 0 saturated heterocycles. The maximum atomic E-state index is 5.71. The molecular weight excluding hydrogens is 232 g/mol. The molecule has 0 fully saturated rings. The molecule has 72 valence electrons. The summed E-state index contributed by atoms with van der Waals surface area (Å²) in [6, 6.07) is 4.89. The van der Waals surface area contributed by atoms with E-state index < -0.39 is 0 Å². The van der Waals surface area contributed by atoms with Gasteiger partial charge in [0.15, 0.2) is 5.96 Å². The third-order valence-electron chi connectivity index (χ3n) is 1.16. The molecule has 0 bridgehead atoms. The largest absolute Gasteiger partial charge is 0.370 e. The van der Waals surface area contributed by atoms with Gasteiger partial charge in [-0.3, -0.25) is 0 Å². The van der Waals surface area contributed by atoms with Crippen molar-refractivity contribution >= 4 is 47.3 Å². The van der Waals surface area contributed by atoms with Gasteiger partial charge >= 0.3 is 0 Å². The number of nitrogens with two attached hydrogens (primary N) is 2. The van der Waals surface area contributed by atoms with Crippen LogP contribution in [0.15, 0.2) is 23.2 Å². The zero-order valence-electron chi connectivity index (χ0n) is 6.50. The van der Waals surface area contributed by atoms with Crippen molar-refractivity contribution in [1.29, 1.82) is 0 Å². The molecule has 13 heavy (non-hydrogen) atoms. The molecule has 0 unspecified atom stereocenters. The molecule has 0 aromatic heterocycles. The molecule has 0 aliphatic heterocycles. The zero-order valence-corrected chi connectivity index (χ0v) is 8.83. The monoisotopic (exact) mass is 239 g/mol. The zero-order chi connectivity index (χ0) is 9.14. The molecule has 1 aromatic rings. The Balaban J connectivity index is 0.00000144. The highest BCUT2D eigenvalue weighted by Crippen LogP contribution is 2.26. The Morgan fingerprint density at radius 1 is 1.15 bits per heavy atom. The highest BCUT2D eigenvalue weighted by Gasteiger charge is 1.97. The van der Waals surface area contributed by atoms with Crippen LogP contribution >= 0.6 is 35.6 Å². The Bertz CT molecular complexity index is 321. The molecule has 1 rings (SSSR count). The molecule has 4 N–H and O–H groups in total. The van der Waals surface area contributed by atoms with E-state index in [2.05, 4.69) is 4.99 Å². The lowest BCUT2D eigenvalue weighted by atomic mass is 10.3. The smallest absolute Gasteiger partial charge is 0.191 e. The van der Waals surface area contributed by atoms with E-state index in [1.165, 1.54) is 0 Å². The fraction of sp³-hybridized carbons (Fsp3) is 0. The average Bonchev–Trinajstić information content (AvgIpc) is 1.96. The summed E-state index contributed by atoms with van der Waals surface area (Å²) >= 11 is 11.4. The minimum absolute atomic E-state index is 0. The molecule has 0 amide bonds. The Kier molecular flexibility index (Phi) is 4.91. The third kappa shape index (κ3) is 3.72. The predicted octanol–water partition coefficient (Wildman–Crippen LogP) is 2.32. The summed E-state index contributed by atoms with van der Waals surface area (Å²) in [5.74, 6) is -0.00612. The fourth-order valence-corrected chi connectivity index (χ4v) is 0.996. The Morgan fingerprint density at radius 3 is 2.23 bits per heavy atom. The minimum Gasteiger partial charge on any atom is -0.370 e. The van der Waals surface area contributed by atoms with Crippen molar-refractivity contribution in [3.05, 3.63) is 28.2 Å². The second-order valence-electron chi connectivity index (χ2n) is 2.14. The van der Waals surface area contributed by atoms with Crippen molar-refractivity contribution in [3.8, 4) is 0 Å². The number of hydrogen-bond acceptors (Lipinski definition) is 1. The topological polar surface area (TPSA) is 64.4 Å². The van der Waals surface area contributed by atoms with Gasteiger partial charge in [0.2, 0.25) is 0 Å². The summed E-state index contributed by atoms with van der Waals surface area (Å²) < 4.78 is 0. The van der Waals surface area contributed by atoms with Gasteiger partial charge < -0.3 is 11.5 Å². The predicted molar refractivity (Wildman–Crippen MR) is 59.2 cm³/mol. The first-order valence-corrected chi connectivity index (χ1v) is 3.90. The Morgan fingerprint density at radius 2 is 1.77 bits per heavy atom.